The number of rotatable bonds is 4. The highest BCUT2D eigenvalue weighted by molar-refractivity contribution is 6.09. The number of aromatic nitrogens is 1. The van der Waals surface area contributed by atoms with Gasteiger partial charge in [-0.2, -0.15) is 0 Å². The number of nitrogens with one attached hydrogen (secondary N) is 3. The number of hydrogen-bond acceptors (Lipinski definition) is 3. The second-order valence-corrected chi connectivity index (χ2v) is 8.73. The molecule has 1 aliphatic heterocycles. The molecule has 1 atom stereocenters. The number of aromatic amines is 1. The zero-order valence-electron chi connectivity index (χ0n) is 19.4. The normalized spacial score (nSPS) is 15.4. The molecule has 3 aromatic carbocycles. The molecule has 0 aliphatic carbocycles. The third-order valence-electron chi connectivity index (χ3n) is 6.44. The fourth-order valence-electron chi connectivity index (χ4n) is 4.64. The predicted molar refractivity (Wildman–Crippen MR) is 138 cm³/mol. The Kier molecular flexibility index (Phi) is 5.80. The number of para-hydroxylation sites is 2. The fourth-order valence-corrected chi connectivity index (χ4v) is 4.64. The number of nitrogens with zero attached hydrogens (tertiary/aromatic N) is 1. The van der Waals surface area contributed by atoms with Crippen molar-refractivity contribution in [1.29, 1.82) is 0 Å². The van der Waals surface area contributed by atoms with Crippen LogP contribution >= 0.6 is 0 Å². The topological polar surface area (TPSA) is 77.2 Å². The zero-order valence-corrected chi connectivity index (χ0v) is 19.4. The minimum atomic E-state index is -0.177. The second-order valence-electron chi connectivity index (χ2n) is 8.73. The van der Waals surface area contributed by atoms with Gasteiger partial charge in [0, 0.05) is 48.0 Å². The van der Waals surface area contributed by atoms with Crippen LogP contribution < -0.4 is 15.5 Å². The van der Waals surface area contributed by atoms with Crippen LogP contribution in [-0.4, -0.2) is 29.4 Å². The Balaban J connectivity index is 1.54. The Bertz CT molecular complexity index is 1370. The molecule has 172 valence electrons. The van der Waals surface area contributed by atoms with Gasteiger partial charge in [-0.25, -0.2) is 0 Å². The van der Waals surface area contributed by atoms with Crippen LogP contribution in [0.25, 0.3) is 22.0 Å². The highest BCUT2D eigenvalue weighted by Gasteiger charge is 2.26. The summed E-state index contributed by atoms with van der Waals surface area (Å²) in [5.41, 5.74) is 5.92. The molecule has 6 nitrogen and oxygen atoms in total. The van der Waals surface area contributed by atoms with E-state index in [4.69, 9.17) is 0 Å². The summed E-state index contributed by atoms with van der Waals surface area (Å²) in [6, 6.07) is 21.9. The van der Waals surface area contributed by atoms with Crippen LogP contribution in [0.3, 0.4) is 0 Å². The Morgan fingerprint density at radius 2 is 1.91 bits per heavy atom. The van der Waals surface area contributed by atoms with Crippen LogP contribution in [0.2, 0.25) is 0 Å². The van der Waals surface area contributed by atoms with Crippen LogP contribution in [-0.2, 0) is 4.79 Å². The zero-order chi connectivity index (χ0) is 23.7. The van der Waals surface area contributed by atoms with Crippen molar-refractivity contribution in [3.63, 3.8) is 0 Å². The first-order valence-corrected chi connectivity index (χ1v) is 11.7. The molecule has 5 rings (SSSR count). The number of benzene rings is 3. The van der Waals surface area contributed by atoms with E-state index in [2.05, 4.69) is 28.6 Å². The van der Waals surface area contributed by atoms with Crippen LogP contribution in [0.5, 0.6) is 0 Å². The van der Waals surface area contributed by atoms with Crippen LogP contribution in [0, 0.1) is 0 Å². The smallest absolute Gasteiger partial charge is 0.258 e. The van der Waals surface area contributed by atoms with Gasteiger partial charge in [-0.15, -0.1) is 0 Å². The van der Waals surface area contributed by atoms with Gasteiger partial charge in [-0.1, -0.05) is 31.2 Å². The van der Waals surface area contributed by atoms with Crippen LogP contribution in [0.4, 0.5) is 17.1 Å². The number of H-pyrrole nitrogens is 1. The molecule has 0 radical (unpaired) electrons. The largest absolute Gasteiger partial charge is 0.381 e. The maximum absolute atomic E-state index is 13.7. The Hall–Kier alpha value is -4.06. The van der Waals surface area contributed by atoms with Gasteiger partial charge >= 0.3 is 0 Å². The SMILES string of the molecule is CCC1CCN(C(=O)c2ccc(-c3ccc4[nH]ccc4c3)c(NC(C)=O)c2)c2ccccc2N1. The lowest BCUT2D eigenvalue weighted by Crippen LogP contribution is -2.32. The van der Waals surface area contributed by atoms with Gasteiger partial charge in [0.2, 0.25) is 5.91 Å². The molecule has 1 unspecified atom stereocenters. The molecular formula is C28H28N4O2. The van der Waals surface area contributed by atoms with Gasteiger partial charge in [0.25, 0.3) is 5.91 Å². The molecule has 0 fully saturated rings. The van der Waals surface area contributed by atoms with Crippen molar-refractivity contribution in [3.05, 3.63) is 78.5 Å². The van der Waals surface area contributed by atoms with E-state index in [1.165, 1.54) is 6.92 Å². The molecular weight excluding hydrogens is 424 g/mol. The van der Waals surface area contributed by atoms with Gasteiger partial charge in [0.05, 0.1) is 11.4 Å². The third kappa shape index (κ3) is 4.15. The van der Waals surface area contributed by atoms with Gasteiger partial charge in [0.15, 0.2) is 0 Å². The summed E-state index contributed by atoms with van der Waals surface area (Å²) >= 11 is 0. The average Bonchev–Trinajstić information content (AvgIpc) is 3.23. The van der Waals surface area contributed by atoms with Crippen molar-refractivity contribution in [2.45, 2.75) is 32.7 Å². The van der Waals surface area contributed by atoms with Crippen molar-refractivity contribution < 1.29 is 9.59 Å². The predicted octanol–water partition coefficient (Wildman–Crippen LogP) is 6.03. The van der Waals surface area contributed by atoms with Crippen LogP contribution in [0.1, 0.15) is 37.0 Å². The molecule has 4 aromatic rings. The van der Waals surface area contributed by atoms with E-state index in [-0.39, 0.29) is 11.8 Å². The summed E-state index contributed by atoms with van der Waals surface area (Å²) < 4.78 is 0. The fraction of sp³-hybridized carbons (Fsp3) is 0.214. The number of amides is 2. The van der Waals surface area contributed by atoms with Gasteiger partial charge in [-0.05, 0) is 66.3 Å². The van der Waals surface area contributed by atoms with E-state index in [1.54, 1.807) is 6.07 Å². The van der Waals surface area contributed by atoms with Gasteiger partial charge in [-0.3, -0.25) is 9.59 Å². The number of fused-ring (bicyclic) bond motifs is 2. The second kappa shape index (κ2) is 9.06. The minimum absolute atomic E-state index is 0.0785. The molecule has 1 aromatic heterocycles. The number of anilines is 3. The van der Waals surface area contributed by atoms with Gasteiger partial charge in [0.1, 0.15) is 0 Å². The first-order chi connectivity index (χ1) is 16.5. The first-order valence-electron chi connectivity index (χ1n) is 11.7. The molecule has 3 N–H and O–H groups in total. The first kappa shape index (κ1) is 21.8. The monoisotopic (exact) mass is 452 g/mol. The van der Waals surface area contributed by atoms with Crippen molar-refractivity contribution in [1.82, 2.24) is 4.98 Å². The molecule has 34 heavy (non-hydrogen) atoms. The third-order valence-corrected chi connectivity index (χ3v) is 6.44. The highest BCUT2D eigenvalue weighted by atomic mass is 16.2. The molecule has 0 spiro atoms. The summed E-state index contributed by atoms with van der Waals surface area (Å²) in [5.74, 6) is -0.256. The van der Waals surface area contributed by atoms with E-state index < -0.39 is 0 Å². The molecule has 2 heterocycles. The summed E-state index contributed by atoms with van der Waals surface area (Å²) in [5, 5.41) is 7.59. The summed E-state index contributed by atoms with van der Waals surface area (Å²) in [4.78, 5) is 30.8. The summed E-state index contributed by atoms with van der Waals surface area (Å²) in [6.45, 7) is 4.26. The van der Waals surface area contributed by atoms with Crippen molar-refractivity contribution in [3.8, 4) is 11.1 Å². The number of carbonyl (C=O) groups is 2. The standard InChI is InChI=1S/C28H28N4O2/c1-3-22-13-15-32(27-7-5-4-6-25(27)31-22)28(34)21-8-10-23(26(17-21)30-18(2)33)19-9-11-24-20(16-19)12-14-29-24/h4-12,14,16-17,22,29,31H,3,13,15H2,1-2H3,(H,30,33). The summed E-state index contributed by atoms with van der Waals surface area (Å²) in [6.07, 6.45) is 3.76. The Morgan fingerprint density at radius 3 is 2.74 bits per heavy atom. The van der Waals surface area contributed by atoms with E-state index in [9.17, 15) is 9.59 Å². The molecule has 0 bridgehead atoms. The number of hydrogen-bond donors (Lipinski definition) is 3. The van der Waals surface area contributed by atoms with Crippen molar-refractivity contribution in [2.75, 3.05) is 22.1 Å². The van der Waals surface area contributed by atoms with E-state index in [0.717, 1.165) is 46.2 Å². The van der Waals surface area contributed by atoms with E-state index in [1.807, 2.05) is 65.7 Å². The Labute approximate surface area is 199 Å². The molecule has 0 saturated heterocycles. The maximum atomic E-state index is 13.7. The summed E-state index contributed by atoms with van der Waals surface area (Å²) in [7, 11) is 0. The minimum Gasteiger partial charge on any atom is -0.381 e. The lowest BCUT2D eigenvalue weighted by atomic mass is 9.99. The molecule has 2 amide bonds. The van der Waals surface area contributed by atoms with Gasteiger partial charge < -0.3 is 20.5 Å². The highest BCUT2D eigenvalue weighted by Crippen LogP contribution is 2.34. The molecule has 6 heteroatoms. The van der Waals surface area contributed by atoms with E-state index in [0.29, 0.717) is 23.8 Å². The molecule has 0 saturated carbocycles. The van der Waals surface area contributed by atoms with Crippen LogP contribution in [0.15, 0.2) is 72.9 Å². The maximum Gasteiger partial charge on any atom is 0.258 e. The van der Waals surface area contributed by atoms with Crippen molar-refractivity contribution in [2.24, 2.45) is 0 Å². The van der Waals surface area contributed by atoms with E-state index >= 15 is 0 Å². The lowest BCUT2D eigenvalue weighted by molar-refractivity contribution is -0.114. The lowest BCUT2D eigenvalue weighted by Gasteiger charge is -2.23. The quantitative estimate of drug-likeness (QED) is 0.354. The Morgan fingerprint density at radius 1 is 1.06 bits per heavy atom. The number of carbonyl (C=O) groups excluding carboxylic acids is 2. The average molecular weight is 453 g/mol. The van der Waals surface area contributed by atoms with Crippen molar-refractivity contribution >= 4 is 39.8 Å². The molecule has 1 aliphatic rings.